The van der Waals surface area contributed by atoms with E-state index in [0.717, 1.165) is 23.5 Å². The Hall–Kier alpha value is -1.62. The van der Waals surface area contributed by atoms with Gasteiger partial charge in [0.25, 0.3) is 0 Å². The number of nitrogens with zero attached hydrogens (tertiary/aromatic N) is 4. The average molecular weight is 205 g/mol. The minimum absolute atomic E-state index is 0.630. The molecule has 0 radical (unpaired) electrons. The summed E-state index contributed by atoms with van der Waals surface area (Å²) in [6, 6.07) is 0. The fourth-order valence-corrected chi connectivity index (χ4v) is 1.70. The van der Waals surface area contributed by atoms with Crippen molar-refractivity contribution in [3.05, 3.63) is 30.1 Å². The second-order valence-electron chi connectivity index (χ2n) is 3.57. The van der Waals surface area contributed by atoms with E-state index in [2.05, 4.69) is 10.1 Å². The van der Waals surface area contributed by atoms with E-state index in [1.807, 2.05) is 30.9 Å². The first kappa shape index (κ1) is 9.92. The van der Waals surface area contributed by atoms with Gasteiger partial charge in [-0.15, -0.1) is 0 Å². The van der Waals surface area contributed by atoms with E-state index in [1.54, 1.807) is 11.0 Å². The minimum atomic E-state index is 0.630. The van der Waals surface area contributed by atoms with Gasteiger partial charge in [0.1, 0.15) is 0 Å². The first-order chi connectivity index (χ1) is 7.22. The van der Waals surface area contributed by atoms with E-state index in [0.29, 0.717) is 6.54 Å². The molecule has 0 spiro atoms. The maximum Gasteiger partial charge on any atom is 0.0995 e. The first-order valence-electron chi connectivity index (χ1n) is 4.94. The summed E-state index contributed by atoms with van der Waals surface area (Å²) in [5.41, 5.74) is 8.73. The second-order valence-corrected chi connectivity index (χ2v) is 3.57. The van der Waals surface area contributed by atoms with Crippen LogP contribution in [0.3, 0.4) is 0 Å². The molecule has 5 nitrogen and oxygen atoms in total. The average Bonchev–Trinajstić information content (AvgIpc) is 2.73. The normalized spacial score (nSPS) is 10.9. The predicted octanol–water partition coefficient (Wildman–Crippen LogP) is 0.415. The highest BCUT2D eigenvalue weighted by Gasteiger charge is 2.08. The van der Waals surface area contributed by atoms with Crippen LogP contribution in [0.15, 0.2) is 18.7 Å². The predicted molar refractivity (Wildman–Crippen MR) is 57.8 cm³/mol. The second kappa shape index (κ2) is 3.86. The molecule has 0 bridgehead atoms. The molecule has 2 N–H and O–H groups in total. The molecule has 5 heteroatoms. The van der Waals surface area contributed by atoms with Crippen molar-refractivity contribution in [2.75, 3.05) is 6.54 Å². The third-order valence-corrected chi connectivity index (χ3v) is 2.36. The molecule has 0 fully saturated rings. The van der Waals surface area contributed by atoms with Gasteiger partial charge in [-0.25, -0.2) is 4.98 Å². The van der Waals surface area contributed by atoms with Crippen LogP contribution in [-0.2, 0) is 13.5 Å². The molecule has 2 aromatic heterocycles. The first-order valence-corrected chi connectivity index (χ1v) is 4.94. The van der Waals surface area contributed by atoms with Gasteiger partial charge < -0.3 is 5.73 Å². The van der Waals surface area contributed by atoms with Crippen molar-refractivity contribution in [3.8, 4) is 5.69 Å². The smallest absolute Gasteiger partial charge is 0.0995 e. The van der Waals surface area contributed by atoms with E-state index in [4.69, 9.17) is 5.73 Å². The molecule has 0 atom stereocenters. The van der Waals surface area contributed by atoms with Gasteiger partial charge >= 0.3 is 0 Å². The summed E-state index contributed by atoms with van der Waals surface area (Å²) in [6.45, 7) is 2.62. The molecule has 0 saturated heterocycles. The number of aromatic nitrogens is 4. The minimum Gasteiger partial charge on any atom is -0.330 e. The molecule has 0 aliphatic rings. The van der Waals surface area contributed by atoms with Crippen LogP contribution in [-0.4, -0.2) is 25.9 Å². The Balaban J connectivity index is 2.44. The molecule has 15 heavy (non-hydrogen) atoms. The summed E-state index contributed by atoms with van der Waals surface area (Å²) in [5, 5.41) is 4.31. The molecule has 2 aromatic rings. The van der Waals surface area contributed by atoms with E-state index in [-0.39, 0.29) is 0 Å². The standard InChI is InChI=1S/C10H15N5/c1-8-10(6-14(2)13-8)15-7-12-5-9(15)3-4-11/h5-7H,3-4,11H2,1-2H3. The maximum atomic E-state index is 5.55. The van der Waals surface area contributed by atoms with Gasteiger partial charge in [-0.1, -0.05) is 0 Å². The molecule has 0 amide bonds. The number of hydrogen-bond acceptors (Lipinski definition) is 3. The summed E-state index contributed by atoms with van der Waals surface area (Å²) < 4.78 is 3.84. The largest absolute Gasteiger partial charge is 0.330 e. The van der Waals surface area contributed by atoms with Crippen LogP contribution >= 0.6 is 0 Å². The van der Waals surface area contributed by atoms with Gasteiger partial charge in [0.2, 0.25) is 0 Å². The van der Waals surface area contributed by atoms with Crippen LogP contribution in [0.1, 0.15) is 11.4 Å². The Morgan fingerprint density at radius 1 is 1.47 bits per heavy atom. The number of aryl methyl sites for hydroxylation is 2. The molecule has 0 saturated carbocycles. The summed E-state index contributed by atoms with van der Waals surface area (Å²) in [7, 11) is 1.91. The summed E-state index contributed by atoms with van der Waals surface area (Å²) in [6.07, 6.45) is 6.46. The van der Waals surface area contributed by atoms with Gasteiger partial charge in [-0.3, -0.25) is 9.25 Å². The number of nitrogens with two attached hydrogens (primary N) is 1. The van der Waals surface area contributed by atoms with Crippen LogP contribution in [0.25, 0.3) is 5.69 Å². The van der Waals surface area contributed by atoms with Crippen LogP contribution in [0.5, 0.6) is 0 Å². The van der Waals surface area contributed by atoms with Crippen LogP contribution in [0.2, 0.25) is 0 Å². The lowest BCUT2D eigenvalue weighted by Gasteiger charge is -2.04. The lowest BCUT2D eigenvalue weighted by Crippen LogP contribution is -2.07. The van der Waals surface area contributed by atoms with Gasteiger partial charge in [-0.2, -0.15) is 5.10 Å². The fourth-order valence-electron chi connectivity index (χ4n) is 1.70. The van der Waals surface area contributed by atoms with Crippen molar-refractivity contribution >= 4 is 0 Å². The van der Waals surface area contributed by atoms with E-state index in [1.165, 1.54) is 0 Å². The van der Waals surface area contributed by atoms with Gasteiger partial charge in [0.05, 0.1) is 17.7 Å². The molecule has 0 aliphatic heterocycles. The van der Waals surface area contributed by atoms with E-state index in [9.17, 15) is 0 Å². The van der Waals surface area contributed by atoms with Crippen molar-refractivity contribution in [2.45, 2.75) is 13.3 Å². The van der Waals surface area contributed by atoms with Crippen molar-refractivity contribution in [2.24, 2.45) is 12.8 Å². The monoisotopic (exact) mass is 205 g/mol. The Labute approximate surface area is 88.5 Å². The third kappa shape index (κ3) is 1.78. The van der Waals surface area contributed by atoms with Crippen molar-refractivity contribution in [1.82, 2.24) is 19.3 Å². The highest BCUT2D eigenvalue weighted by molar-refractivity contribution is 5.35. The van der Waals surface area contributed by atoms with E-state index >= 15 is 0 Å². The maximum absolute atomic E-state index is 5.55. The third-order valence-electron chi connectivity index (χ3n) is 2.36. The lowest BCUT2D eigenvalue weighted by atomic mass is 10.3. The summed E-state index contributed by atoms with van der Waals surface area (Å²) in [5.74, 6) is 0. The van der Waals surface area contributed by atoms with Gasteiger partial charge in [0, 0.05) is 31.6 Å². The molecule has 0 aromatic carbocycles. The summed E-state index contributed by atoms with van der Waals surface area (Å²) >= 11 is 0. The van der Waals surface area contributed by atoms with Gasteiger partial charge in [0.15, 0.2) is 0 Å². The molecule has 0 unspecified atom stereocenters. The SMILES string of the molecule is Cc1nn(C)cc1-n1cncc1CCN. The lowest BCUT2D eigenvalue weighted by molar-refractivity contribution is 0.756. The Morgan fingerprint density at radius 2 is 2.27 bits per heavy atom. The summed E-state index contributed by atoms with van der Waals surface area (Å²) in [4.78, 5) is 4.14. The van der Waals surface area contributed by atoms with Crippen molar-refractivity contribution < 1.29 is 0 Å². The number of imidazole rings is 1. The highest BCUT2D eigenvalue weighted by atomic mass is 15.3. The molecule has 2 rings (SSSR count). The zero-order valence-electron chi connectivity index (χ0n) is 9.01. The fraction of sp³-hybridized carbons (Fsp3) is 0.400. The highest BCUT2D eigenvalue weighted by Crippen LogP contribution is 2.14. The van der Waals surface area contributed by atoms with E-state index < -0.39 is 0 Å². The van der Waals surface area contributed by atoms with Crippen molar-refractivity contribution in [3.63, 3.8) is 0 Å². The van der Waals surface area contributed by atoms with Crippen LogP contribution < -0.4 is 5.73 Å². The quantitative estimate of drug-likeness (QED) is 0.789. The zero-order chi connectivity index (χ0) is 10.8. The molecular weight excluding hydrogens is 190 g/mol. The topological polar surface area (TPSA) is 61.7 Å². The van der Waals surface area contributed by atoms with Gasteiger partial charge in [-0.05, 0) is 13.5 Å². The van der Waals surface area contributed by atoms with Crippen LogP contribution in [0.4, 0.5) is 0 Å². The van der Waals surface area contributed by atoms with Crippen LogP contribution in [0, 0.1) is 6.92 Å². The molecular formula is C10H15N5. The molecule has 80 valence electrons. The Kier molecular flexibility index (Phi) is 2.55. The van der Waals surface area contributed by atoms with Crippen molar-refractivity contribution in [1.29, 1.82) is 0 Å². The molecule has 2 heterocycles. The Bertz CT molecular complexity index is 454. The zero-order valence-corrected chi connectivity index (χ0v) is 9.01. The molecule has 0 aliphatic carbocycles. The number of rotatable bonds is 3. The number of hydrogen-bond donors (Lipinski definition) is 1. The Morgan fingerprint density at radius 3 is 2.87 bits per heavy atom.